The summed E-state index contributed by atoms with van der Waals surface area (Å²) in [5, 5.41) is 9.71. The highest BCUT2D eigenvalue weighted by Crippen LogP contribution is 2.41. The van der Waals surface area contributed by atoms with Gasteiger partial charge in [-0.3, -0.25) is 4.79 Å². The van der Waals surface area contributed by atoms with Crippen molar-refractivity contribution in [1.82, 2.24) is 9.55 Å². The Hall–Kier alpha value is -3.53. The summed E-state index contributed by atoms with van der Waals surface area (Å²) in [7, 11) is 3.29. The molecule has 1 aliphatic heterocycles. The molecule has 0 spiro atoms. The lowest BCUT2D eigenvalue weighted by Gasteiger charge is -2.21. The molecule has 3 aromatic rings. The predicted molar refractivity (Wildman–Crippen MR) is 97.4 cm³/mol. The summed E-state index contributed by atoms with van der Waals surface area (Å²) < 4.78 is 18.3. The third-order valence-corrected chi connectivity index (χ3v) is 4.58. The van der Waals surface area contributed by atoms with E-state index in [9.17, 15) is 10.1 Å². The second kappa shape index (κ2) is 6.65. The number of hydrogen-bond acceptors (Lipinski definition) is 6. The molecule has 0 saturated carbocycles. The predicted octanol–water partition coefficient (Wildman–Crippen LogP) is 2.84. The highest BCUT2D eigenvalue weighted by Gasteiger charge is 2.29. The number of fused-ring (bicyclic) bond motifs is 2. The Morgan fingerprint density at radius 2 is 2.07 bits per heavy atom. The van der Waals surface area contributed by atoms with Crippen LogP contribution in [0.2, 0.25) is 0 Å². The third-order valence-electron chi connectivity index (χ3n) is 4.58. The van der Waals surface area contributed by atoms with Crippen LogP contribution in [-0.2, 0) is 7.05 Å². The first-order chi connectivity index (χ1) is 13.1. The summed E-state index contributed by atoms with van der Waals surface area (Å²) in [6.07, 6.45) is 0. The summed E-state index contributed by atoms with van der Waals surface area (Å²) in [4.78, 5) is 17.6. The minimum atomic E-state index is -1.05. The second-order valence-corrected chi connectivity index (χ2v) is 6.15. The van der Waals surface area contributed by atoms with E-state index < -0.39 is 5.92 Å². The van der Waals surface area contributed by atoms with Gasteiger partial charge in [0.2, 0.25) is 5.75 Å². The fourth-order valence-electron chi connectivity index (χ4n) is 3.24. The van der Waals surface area contributed by atoms with Crippen molar-refractivity contribution >= 4 is 16.8 Å². The molecule has 0 amide bonds. The summed E-state index contributed by atoms with van der Waals surface area (Å²) in [5.41, 5.74) is 1.91. The fourth-order valence-corrected chi connectivity index (χ4v) is 3.24. The molecule has 0 aliphatic carbocycles. The molecule has 2 aromatic carbocycles. The van der Waals surface area contributed by atoms with Crippen LogP contribution < -0.4 is 14.2 Å². The van der Waals surface area contributed by atoms with Crippen LogP contribution in [0.1, 0.15) is 22.1 Å². The smallest absolute Gasteiger partial charge is 0.203 e. The van der Waals surface area contributed by atoms with E-state index in [1.807, 2.05) is 24.3 Å². The van der Waals surface area contributed by atoms with Crippen molar-refractivity contribution in [3.8, 4) is 23.3 Å². The van der Waals surface area contributed by atoms with E-state index in [-0.39, 0.29) is 5.78 Å². The highest BCUT2D eigenvalue weighted by atomic mass is 16.6. The van der Waals surface area contributed by atoms with Gasteiger partial charge in [-0.1, -0.05) is 12.1 Å². The zero-order chi connectivity index (χ0) is 19.0. The van der Waals surface area contributed by atoms with Crippen LogP contribution in [0, 0.1) is 11.3 Å². The molecule has 7 heteroatoms. The number of hydrogen-bond donors (Lipinski definition) is 0. The molecule has 1 atom stereocenters. The standard InChI is InChI=1S/C20H17N3O4/c1-23-15-6-4-3-5-14(15)22-20(23)13(11-21)18(24)12-9-16(25-2)19-17(10-12)26-7-8-27-19/h3-6,9-10,13H,7-8H2,1-2H3. The lowest BCUT2D eigenvalue weighted by molar-refractivity contribution is 0.0973. The molecule has 27 heavy (non-hydrogen) atoms. The lowest BCUT2D eigenvalue weighted by Crippen LogP contribution is -2.19. The van der Waals surface area contributed by atoms with Gasteiger partial charge >= 0.3 is 0 Å². The molecule has 1 aromatic heterocycles. The van der Waals surface area contributed by atoms with Gasteiger partial charge in [0.15, 0.2) is 23.2 Å². The Labute approximate surface area is 155 Å². The van der Waals surface area contributed by atoms with Crippen LogP contribution in [0.25, 0.3) is 11.0 Å². The Morgan fingerprint density at radius 1 is 1.30 bits per heavy atom. The maximum atomic E-state index is 13.1. The van der Waals surface area contributed by atoms with Gasteiger partial charge in [-0.15, -0.1) is 0 Å². The topological polar surface area (TPSA) is 86.4 Å². The van der Waals surface area contributed by atoms with Crippen LogP contribution in [0.5, 0.6) is 17.2 Å². The van der Waals surface area contributed by atoms with Crippen LogP contribution in [0.4, 0.5) is 0 Å². The van der Waals surface area contributed by atoms with Gasteiger partial charge < -0.3 is 18.8 Å². The number of methoxy groups -OCH3 is 1. The Kier molecular flexibility index (Phi) is 4.16. The number of nitriles is 1. The number of benzene rings is 2. The number of para-hydroxylation sites is 2. The van der Waals surface area contributed by atoms with E-state index in [0.717, 1.165) is 11.0 Å². The van der Waals surface area contributed by atoms with Gasteiger partial charge in [0, 0.05) is 12.6 Å². The van der Waals surface area contributed by atoms with E-state index >= 15 is 0 Å². The summed E-state index contributed by atoms with van der Waals surface area (Å²) in [5.74, 6) is 0.290. The minimum Gasteiger partial charge on any atom is -0.493 e. The van der Waals surface area contributed by atoms with E-state index in [1.165, 1.54) is 7.11 Å². The number of imidazole rings is 1. The highest BCUT2D eigenvalue weighted by molar-refractivity contribution is 6.03. The number of aromatic nitrogens is 2. The maximum Gasteiger partial charge on any atom is 0.203 e. The molecule has 0 N–H and O–H groups in total. The number of ketones is 1. The molecule has 0 radical (unpaired) electrons. The van der Waals surface area contributed by atoms with Crippen molar-refractivity contribution in [3.05, 3.63) is 47.8 Å². The van der Waals surface area contributed by atoms with E-state index in [2.05, 4.69) is 11.1 Å². The Bertz CT molecular complexity index is 1060. The molecular formula is C20H17N3O4. The van der Waals surface area contributed by atoms with Crippen molar-refractivity contribution in [2.45, 2.75) is 5.92 Å². The zero-order valence-corrected chi connectivity index (χ0v) is 14.9. The number of carbonyl (C=O) groups is 1. The number of carbonyl (C=O) groups excluding carboxylic acids is 1. The molecule has 136 valence electrons. The quantitative estimate of drug-likeness (QED) is 0.663. The second-order valence-electron chi connectivity index (χ2n) is 6.15. The molecule has 7 nitrogen and oxygen atoms in total. The van der Waals surface area contributed by atoms with Gasteiger partial charge in [0.05, 0.1) is 24.2 Å². The van der Waals surface area contributed by atoms with Crippen LogP contribution in [0.15, 0.2) is 36.4 Å². The number of aryl methyl sites for hydroxylation is 1. The molecular weight excluding hydrogens is 346 g/mol. The van der Waals surface area contributed by atoms with Crippen LogP contribution in [0.3, 0.4) is 0 Å². The Balaban J connectivity index is 1.78. The Morgan fingerprint density at radius 3 is 2.81 bits per heavy atom. The van der Waals surface area contributed by atoms with Gasteiger partial charge in [-0.2, -0.15) is 5.26 Å². The molecule has 0 saturated heterocycles. The molecule has 0 fully saturated rings. The molecule has 1 aliphatic rings. The summed E-state index contributed by atoms with van der Waals surface area (Å²) in [6, 6.07) is 12.8. The van der Waals surface area contributed by atoms with Crippen molar-refractivity contribution in [3.63, 3.8) is 0 Å². The first-order valence-electron chi connectivity index (χ1n) is 8.47. The van der Waals surface area contributed by atoms with Gasteiger partial charge in [0.25, 0.3) is 0 Å². The number of rotatable bonds is 4. The summed E-state index contributed by atoms with van der Waals surface area (Å²) in [6.45, 7) is 0.803. The first-order valence-corrected chi connectivity index (χ1v) is 8.47. The normalized spacial score (nSPS) is 13.8. The van der Waals surface area contributed by atoms with E-state index in [0.29, 0.717) is 41.9 Å². The van der Waals surface area contributed by atoms with Crippen molar-refractivity contribution in [1.29, 1.82) is 5.26 Å². The van der Waals surface area contributed by atoms with Crippen molar-refractivity contribution in [2.24, 2.45) is 7.05 Å². The van der Waals surface area contributed by atoms with E-state index in [4.69, 9.17) is 14.2 Å². The number of nitrogens with zero attached hydrogens (tertiary/aromatic N) is 3. The third kappa shape index (κ3) is 2.75. The SMILES string of the molecule is COc1cc(C(=O)C(C#N)c2nc3ccccc3n2C)cc2c1OCCO2. The summed E-state index contributed by atoms with van der Waals surface area (Å²) >= 11 is 0. The van der Waals surface area contributed by atoms with Crippen LogP contribution in [-0.4, -0.2) is 35.7 Å². The molecule has 0 bridgehead atoms. The molecule has 4 rings (SSSR count). The van der Waals surface area contributed by atoms with Crippen molar-refractivity contribution < 1.29 is 19.0 Å². The van der Waals surface area contributed by atoms with E-state index in [1.54, 1.807) is 23.7 Å². The van der Waals surface area contributed by atoms with Crippen LogP contribution >= 0.6 is 0 Å². The van der Waals surface area contributed by atoms with Crippen molar-refractivity contribution in [2.75, 3.05) is 20.3 Å². The monoisotopic (exact) mass is 363 g/mol. The number of Topliss-reactive ketones (excluding diaryl/α,β-unsaturated/α-hetero) is 1. The van der Waals surface area contributed by atoms with Gasteiger partial charge in [0.1, 0.15) is 19.0 Å². The first kappa shape index (κ1) is 16.9. The fraction of sp³-hybridized carbons (Fsp3) is 0.250. The average Bonchev–Trinajstić information content (AvgIpc) is 3.04. The largest absolute Gasteiger partial charge is 0.493 e. The minimum absolute atomic E-state index is 0.315. The molecule has 1 unspecified atom stereocenters. The number of ether oxygens (including phenoxy) is 3. The molecule has 2 heterocycles. The lowest BCUT2D eigenvalue weighted by atomic mass is 9.97. The maximum absolute atomic E-state index is 13.1. The average molecular weight is 363 g/mol. The van der Waals surface area contributed by atoms with Gasteiger partial charge in [-0.05, 0) is 24.3 Å². The van der Waals surface area contributed by atoms with Gasteiger partial charge in [-0.25, -0.2) is 4.98 Å². The zero-order valence-electron chi connectivity index (χ0n) is 14.9.